The van der Waals surface area contributed by atoms with Crippen LogP contribution in [0, 0.1) is 5.92 Å². The second kappa shape index (κ2) is 4.67. The van der Waals surface area contributed by atoms with Crippen LogP contribution < -0.4 is 5.73 Å². The van der Waals surface area contributed by atoms with Crippen LogP contribution in [0.2, 0.25) is 0 Å². The highest BCUT2D eigenvalue weighted by molar-refractivity contribution is 6.18. The molecule has 1 fully saturated rings. The molecule has 0 unspecified atom stereocenters. The number of carbonyl (C=O) groups is 1. The lowest BCUT2D eigenvalue weighted by Gasteiger charge is -2.29. The van der Waals surface area contributed by atoms with Gasteiger partial charge in [0.15, 0.2) is 0 Å². The molecule has 70 valence electrons. The molecule has 0 aromatic rings. The molecule has 1 saturated heterocycles. The van der Waals surface area contributed by atoms with E-state index in [1.807, 2.05) is 0 Å². The Kier molecular flexibility index (Phi) is 3.82. The van der Waals surface area contributed by atoms with Crippen LogP contribution in [0.5, 0.6) is 0 Å². The second-order valence-corrected chi connectivity index (χ2v) is 3.59. The van der Waals surface area contributed by atoms with Gasteiger partial charge >= 0.3 is 0 Å². The minimum atomic E-state index is -0.152. The summed E-state index contributed by atoms with van der Waals surface area (Å²) in [5.74, 6) is 0.610. The predicted octanol–water partition coefficient (Wildman–Crippen LogP) is 0.423. The van der Waals surface area contributed by atoms with E-state index >= 15 is 0 Å². The standard InChI is InChI=1S/C8H15ClN2O/c9-3-6-11-4-1-7(2-5-11)8(10)12/h7H,1-6H2,(H2,10,12). The summed E-state index contributed by atoms with van der Waals surface area (Å²) in [6.45, 7) is 2.84. The summed E-state index contributed by atoms with van der Waals surface area (Å²) in [6, 6.07) is 0. The third-order valence-electron chi connectivity index (χ3n) is 2.39. The van der Waals surface area contributed by atoms with E-state index in [1.165, 1.54) is 0 Å². The fourth-order valence-electron chi connectivity index (χ4n) is 1.56. The smallest absolute Gasteiger partial charge is 0.220 e. The monoisotopic (exact) mass is 190 g/mol. The van der Waals surface area contributed by atoms with E-state index in [0.29, 0.717) is 5.88 Å². The van der Waals surface area contributed by atoms with Gasteiger partial charge in [0.1, 0.15) is 0 Å². The number of hydrogen-bond donors (Lipinski definition) is 1. The first-order valence-electron chi connectivity index (χ1n) is 4.31. The first-order chi connectivity index (χ1) is 5.74. The number of alkyl halides is 1. The summed E-state index contributed by atoms with van der Waals surface area (Å²) in [4.78, 5) is 13.1. The van der Waals surface area contributed by atoms with E-state index in [-0.39, 0.29) is 11.8 Å². The number of halogens is 1. The van der Waals surface area contributed by atoms with Gasteiger partial charge in [-0.25, -0.2) is 0 Å². The molecule has 4 heteroatoms. The molecule has 0 atom stereocenters. The van der Waals surface area contributed by atoms with E-state index in [4.69, 9.17) is 17.3 Å². The summed E-state index contributed by atoms with van der Waals surface area (Å²) in [5.41, 5.74) is 5.20. The first kappa shape index (κ1) is 9.81. The van der Waals surface area contributed by atoms with Gasteiger partial charge in [-0.2, -0.15) is 0 Å². The van der Waals surface area contributed by atoms with Crippen LogP contribution in [0.4, 0.5) is 0 Å². The van der Waals surface area contributed by atoms with Crippen LogP contribution >= 0.6 is 11.6 Å². The molecular formula is C8H15ClN2O. The highest BCUT2D eigenvalue weighted by Gasteiger charge is 2.22. The van der Waals surface area contributed by atoms with Crippen molar-refractivity contribution < 1.29 is 4.79 Å². The van der Waals surface area contributed by atoms with E-state index in [1.54, 1.807) is 0 Å². The molecule has 1 heterocycles. The first-order valence-corrected chi connectivity index (χ1v) is 4.85. The maximum atomic E-state index is 10.8. The molecule has 0 saturated carbocycles. The highest BCUT2D eigenvalue weighted by Crippen LogP contribution is 2.15. The minimum Gasteiger partial charge on any atom is -0.369 e. The van der Waals surface area contributed by atoms with Gasteiger partial charge in [0.05, 0.1) is 0 Å². The number of likely N-dealkylation sites (tertiary alicyclic amines) is 1. The molecule has 0 aromatic carbocycles. The summed E-state index contributed by atoms with van der Waals surface area (Å²) in [5, 5.41) is 0. The van der Waals surface area contributed by atoms with E-state index in [9.17, 15) is 4.79 Å². The number of amides is 1. The van der Waals surface area contributed by atoms with Crippen LogP contribution in [0.1, 0.15) is 12.8 Å². The number of carbonyl (C=O) groups excluding carboxylic acids is 1. The van der Waals surface area contributed by atoms with Crippen LogP contribution in [0.3, 0.4) is 0 Å². The third kappa shape index (κ3) is 2.64. The van der Waals surface area contributed by atoms with Gasteiger partial charge < -0.3 is 10.6 Å². The van der Waals surface area contributed by atoms with E-state index in [2.05, 4.69) is 4.90 Å². The fraction of sp³-hybridized carbons (Fsp3) is 0.875. The summed E-state index contributed by atoms with van der Waals surface area (Å²) < 4.78 is 0. The number of piperidine rings is 1. The van der Waals surface area contributed by atoms with Crippen molar-refractivity contribution in [1.82, 2.24) is 4.90 Å². The minimum absolute atomic E-state index is 0.0941. The molecule has 0 spiro atoms. The molecular weight excluding hydrogens is 176 g/mol. The van der Waals surface area contributed by atoms with Gasteiger partial charge in [-0.1, -0.05) is 0 Å². The molecule has 12 heavy (non-hydrogen) atoms. The van der Waals surface area contributed by atoms with Crippen LogP contribution in [-0.2, 0) is 4.79 Å². The topological polar surface area (TPSA) is 46.3 Å². The average Bonchev–Trinajstić information content (AvgIpc) is 2.06. The Bertz CT molecular complexity index is 155. The van der Waals surface area contributed by atoms with Gasteiger partial charge in [0, 0.05) is 18.3 Å². The van der Waals surface area contributed by atoms with Crippen molar-refractivity contribution in [2.24, 2.45) is 11.7 Å². The molecule has 0 aromatic heterocycles. The van der Waals surface area contributed by atoms with Crippen molar-refractivity contribution in [2.75, 3.05) is 25.5 Å². The lowest BCUT2D eigenvalue weighted by atomic mass is 9.96. The Morgan fingerprint density at radius 2 is 2.08 bits per heavy atom. The number of nitrogens with two attached hydrogens (primary N) is 1. The van der Waals surface area contributed by atoms with Crippen molar-refractivity contribution in [3.05, 3.63) is 0 Å². The number of nitrogens with zero attached hydrogens (tertiary/aromatic N) is 1. The van der Waals surface area contributed by atoms with Gasteiger partial charge in [0.2, 0.25) is 5.91 Å². The van der Waals surface area contributed by atoms with Crippen LogP contribution in [0.25, 0.3) is 0 Å². The van der Waals surface area contributed by atoms with E-state index in [0.717, 1.165) is 32.5 Å². The Balaban J connectivity index is 2.25. The molecule has 2 N–H and O–H groups in total. The number of hydrogen-bond acceptors (Lipinski definition) is 2. The van der Waals surface area contributed by atoms with Crippen LogP contribution in [-0.4, -0.2) is 36.3 Å². The molecule has 0 radical (unpaired) electrons. The summed E-state index contributed by atoms with van der Waals surface area (Å²) in [6.07, 6.45) is 1.79. The van der Waals surface area contributed by atoms with Crippen molar-refractivity contribution in [3.63, 3.8) is 0 Å². The lowest BCUT2D eigenvalue weighted by molar-refractivity contribution is -0.123. The molecule has 1 aliphatic heterocycles. The zero-order chi connectivity index (χ0) is 8.97. The fourth-order valence-corrected chi connectivity index (χ4v) is 1.80. The van der Waals surface area contributed by atoms with Crippen molar-refractivity contribution in [3.8, 4) is 0 Å². The summed E-state index contributed by atoms with van der Waals surface area (Å²) in [7, 11) is 0. The second-order valence-electron chi connectivity index (χ2n) is 3.21. The maximum Gasteiger partial charge on any atom is 0.220 e. The van der Waals surface area contributed by atoms with Gasteiger partial charge in [-0.05, 0) is 25.9 Å². The van der Waals surface area contributed by atoms with Gasteiger partial charge in [-0.3, -0.25) is 4.79 Å². The maximum absolute atomic E-state index is 10.8. The zero-order valence-corrected chi connectivity index (χ0v) is 7.89. The van der Waals surface area contributed by atoms with Crippen LogP contribution in [0.15, 0.2) is 0 Å². The molecule has 1 rings (SSSR count). The molecule has 1 aliphatic rings. The Hall–Kier alpha value is -0.280. The lowest BCUT2D eigenvalue weighted by Crippen LogP contribution is -2.39. The third-order valence-corrected chi connectivity index (χ3v) is 2.56. The van der Waals surface area contributed by atoms with Gasteiger partial charge in [0.25, 0.3) is 0 Å². The predicted molar refractivity (Wildman–Crippen MR) is 49.1 cm³/mol. The Labute approximate surface area is 77.9 Å². The van der Waals surface area contributed by atoms with Crippen molar-refractivity contribution in [1.29, 1.82) is 0 Å². The molecule has 0 aliphatic carbocycles. The number of rotatable bonds is 3. The Morgan fingerprint density at radius 3 is 2.50 bits per heavy atom. The SMILES string of the molecule is NC(=O)C1CCN(CCCl)CC1. The zero-order valence-electron chi connectivity index (χ0n) is 7.13. The van der Waals surface area contributed by atoms with E-state index < -0.39 is 0 Å². The molecule has 0 bridgehead atoms. The normalized spacial score (nSPS) is 21.1. The van der Waals surface area contributed by atoms with Crippen molar-refractivity contribution in [2.45, 2.75) is 12.8 Å². The largest absolute Gasteiger partial charge is 0.369 e. The molecule has 3 nitrogen and oxygen atoms in total. The number of primary amides is 1. The highest BCUT2D eigenvalue weighted by atomic mass is 35.5. The molecule has 1 amide bonds. The van der Waals surface area contributed by atoms with Gasteiger partial charge in [-0.15, -0.1) is 11.6 Å². The quantitative estimate of drug-likeness (QED) is 0.656. The average molecular weight is 191 g/mol. The summed E-state index contributed by atoms with van der Waals surface area (Å²) >= 11 is 5.60. The Morgan fingerprint density at radius 1 is 1.50 bits per heavy atom. The van der Waals surface area contributed by atoms with Crippen molar-refractivity contribution >= 4 is 17.5 Å².